The van der Waals surface area contributed by atoms with Crippen LogP contribution in [0.15, 0.2) is 38.3 Å². The number of rotatable bonds is 4. The highest BCUT2D eigenvalue weighted by molar-refractivity contribution is 9.10. The summed E-state index contributed by atoms with van der Waals surface area (Å²) < 4.78 is 27.2. The maximum Gasteiger partial charge on any atom is 0.337 e. The monoisotopic (exact) mass is 395 g/mol. The molecule has 0 aliphatic heterocycles. The van der Waals surface area contributed by atoms with E-state index in [1.54, 1.807) is 11.4 Å². The summed E-state index contributed by atoms with van der Waals surface area (Å²) in [6.07, 6.45) is 0. The van der Waals surface area contributed by atoms with Crippen molar-refractivity contribution in [3.8, 4) is 0 Å². The van der Waals surface area contributed by atoms with Crippen LogP contribution in [0.2, 0.25) is 5.02 Å². The second kappa shape index (κ2) is 5.72. The molecule has 0 bridgehead atoms. The van der Waals surface area contributed by atoms with Gasteiger partial charge in [-0.25, -0.2) is 13.2 Å². The zero-order chi connectivity index (χ0) is 14.9. The normalized spacial score (nSPS) is 11.3. The molecule has 106 valence electrons. The van der Waals surface area contributed by atoms with Crippen LogP contribution in [0.25, 0.3) is 0 Å². The van der Waals surface area contributed by atoms with Crippen LogP contribution in [-0.4, -0.2) is 19.5 Å². The van der Waals surface area contributed by atoms with Crippen molar-refractivity contribution in [1.29, 1.82) is 0 Å². The average Bonchev–Trinajstić information content (AvgIpc) is 2.75. The van der Waals surface area contributed by atoms with Crippen molar-refractivity contribution < 1.29 is 18.3 Å². The molecule has 0 amide bonds. The molecule has 0 saturated heterocycles. The van der Waals surface area contributed by atoms with Gasteiger partial charge in [0, 0.05) is 4.47 Å². The number of benzene rings is 1. The number of aromatic carboxylic acids is 1. The molecular weight excluding hydrogens is 390 g/mol. The Bertz CT molecular complexity index is 772. The number of hydrogen-bond acceptors (Lipinski definition) is 4. The standard InChI is InChI=1S/C11H7BrClNO4S2/c12-8-3-4-19-11(8)20(17,18)14-6-1-2-7(10(15)16)9(13)5-6/h1-5,14H,(H,15,16). The van der Waals surface area contributed by atoms with Crippen molar-refractivity contribution in [3.63, 3.8) is 0 Å². The number of thiophene rings is 1. The van der Waals surface area contributed by atoms with E-state index in [-0.39, 0.29) is 20.5 Å². The third-order valence-corrected chi connectivity index (χ3v) is 6.64. The van der Waals surface area contributed by atoms with Crippen LogP contribution in [-0.2, 0) is 10.0 Å². The molecule has 0 saturated carbocycles. The van der Waals surface area contributed by atoms with Gasteiger partial charge in [-0.1, -0.05) is 11.6 Å². The molecule has 2 rings (SSSR count). The van der Waals surface area contributed by atoms with Gasteiger partial charge in [0.1, 0.15) is 0 Å². The van der Waals surface area contributed by atoms with Crippen molar-refractivity contribution >= 4 is 60.5 Å². The molecule has 1 heterocycles. The molecule has 0 radical (unpaired) electrons. The van der Waals surface area contributed by atoms with E-state index in [1.165, 1.54) is 18.2 Å². The summed E-state index contributed by atoms with van der Waals surface area (Å²) in [5.74, 6) is -1.18. The number of carboxylic acids is 1. The van der Waals surface area contributed by atoms with E-state index in [1.807, 2.05) is 0 Å². The Balaban J connectivity index is 2.33. The van der Waals surface area contributed by atoms with Crippen LogP contribution in [0, 0.1) is 0 Å². The molecule has 20 heavy (non-hydrogen) atoms. The predicted molar refractivity (Wildman–Crippen MR) is 81.2 cm³/mol. The van der Waals surface area contributed by atoms with E-state index in [2.05, 4.69) is 20.7 Å². The first-order valence-corrected chi connectivity index (χ1v) is 8.63. The van der Waals surface area contributed by atoms with Crippen molar-refractivity contribution in [2.24, 2.45) is 0 Å². The first kappa shape index (κ1) is 15.3. The highest BCUT2D eigenvalue weighted by atomic mass is 79.9. The van der Waals surface area contributed by atoms with Gasteiger partial charge >= 0.3 is 5.97 Å². The zero-order valence-corrected chi connectivity index (χ0v) is 13.6. The lowest BCUT2D eigenvalue weighted by atomic mass is 10.2. The van der Waals surface area contributed by atoms with Gasteiger partial charge in [-0.3, -0.25) is 4.72 Å². The van der Waals surface area contributed by atoms with Crippen LogP contribution in [0.3, 0.4) is 0 Å². The quantitative estimate of drug-likeness (QED) is 0.826. The van der Waals surface area contributed by atoms with E-state index < -0.39 is 16.0 Å². The predicted octanol–water partition coefficient (Wildman–Crippen LogP) is 3.66. The van der Waals surface area contributed by atoms with Gasteiger partial charge in [-0.15, -0.1) is 11.3 Å². The van der Waals surface area contributed by atoms with Crippen molar-refractivity contribution in [1.82, 2.24) is 0 Å². The minimum Gasteiger partial charge on any atom is -0.478 e. The molecule has 2 aromatic rings. The largest absolute Gasteiger partial charge is 0.478 e. The highest BCUT2D eigenvalue weighted by Gasteiger charge is 2.20. The molecule has 0 spiro atoms. The van der Waals surface area contributed by atoms with Crippen molar-refractivity contribution in [3.05, 3.63) is 44.7 Å². The Morgan fingerprint density at radius 3 is 2.55 bits per heavy atom. The van der Waals surface area contributed by atoms with Crippen LogP contribution in [0.4, 0.5) is 5.69 Å². The van der Waals surface area contributed by atoms with Gasteiger partial charge in [-0.2, -0.15) is 0 Å². The molecule has 0 aliphatic rings. The Morgan fingerprint density at radius 1 is 1.35 bits per heavy atom. The van der Waals surface area contributed by atoms with Gasteiger partial charge in [0.25, 0.3) is 10.0 Å². The second-order valence-corrected chi connectivity index (χ2v) is 7.72. The van der Waals surface area contributed by atoms with Crippen LogP contribution >= 0.6 is 38.9 Å². The SMILES string of the molecule is O=C(O)c1ccc(NS(=O)(=O)c2sccc2Br)cc1Cl. The Hall–Kier alpha value is -1.09. The first-order chi connectivity index (χ1) is 9.31. The second-order valence-electron chi connectivity index (χ2n) is 3.66. The molecule has 1 aromatic carbocycles. The fraction of sp³-hybridized carbons (Fsp3) is 0. The minimum absolute atomic E-state index is 0.0389. The lowest BCUT2D eigenvalue weighted by Crippen LogP contribution is -2.12. The molecule has 0 aliphatic carbocycles. The van der Waals surface area contributed by atoms with Crippen molar-refractivity contribution in [2.45, 2.75) is 4.21 Å². The topological polar surface area (TPSA) is 83.5 Å². The minimum atomic E-state index is -3.73. The number of carboxylic acid groups (broad SMARTS) is 1. The Kier molecular flexibility index (Phi) is 4.38. The molecule has 5 nitrogen and oxygen atoms in total. The maximum atomic E-state index is 12.1. The van der Waals surface area contributed by atoms with Gasteiger partial charge in [-0.05, 0) is 45.6 Å². The number of hydrogen-bond donors (Lipinski definition) is 2. The van der Waals surface area contributed by atoms with Gasteiger partial charge < -0.3 is 5.11 Å². The first-order valence-electron chi connectivity index (χ1n) is 5.10. The van der Waals surface area contributed by atoms with Crippen molar-refractivity contribution in [2.75, 3.05) is 4.72 Å². The van der Waals surface area contributed by atoms with Crippen LogP contribution in [0.1, 0.15) is 10.4 Å². The lowest BCUT2D eigenvalue weighted by molar-refractivity contribution is 0.0697. The molecule has 0 atom stereocenters. The molecule has 2 N–H and O–H groups in total. The van der Waals surface area contributed by atoms with E-state index in [0.717, 1.165) is 11.3 Å². The molecule has 0 fully saturated rings. The maximum absolute atomic E-state index is 12.1. The summed E-state index contributed by atoms with van der Waals surface area (Å²) in [6.45, 7) is 0. The number of nitrogens with one attached hydrogen (secondary N) is 1. The van der Waals surface area contributed by atoms with E-state index in [4.69, 9.17) is 16.7 Å². The molecule has 1 aromatic heterocycles. The number of sulfonamides is 1. The summed E-state index contributed by atoms with van der Waals surface area (Å²) >= 11 is 10.00. The number of anilines is 1. The Morgan fingerprint density at radius 2 is 2.05 bits per heavy atom. The third-order valence-electron chi connectivity index (χ3n) is 2.28. The smallest absolute Gasteiger partial charge is 0.337 e. The molecular formula is C11H7BrClNO4S2. The Labute approximate surface area is 132 Å². The fourth-order valence-corrected chi connectivity index (χ4v) is 5.07. The lowest BCUT2D eigenvalue weighted by Gasteiger charge is -2.08. The summed E-state index contributed by atoms with van der Waals surface area (Å²) in [4.78, 5) is 10.8. The summed E-state index contributed by atoms with van der Waals surface area (Å²) in [7, 11) is -3.73. The van der Waals surface area contributed by atoms with Crippen LogP contribution in [0.5, 0.6) is 0 Å². The van der Waals surface area contributed by atoms with E-state index in [9.17, 15) is 13.2 Å². The van der Waals surface area contributed by atoms with Gasteiger partial charge in [0.2, 0.25) is 0 Å². The van der Waals surface area contributed by atoms with E-state index in [0.29, 0.717) is 4.47 Å². The summed E-state index contributed by atoms with van der Waals surface area (Å²) in [5.41, 5.74) is 0.104. The fourth-order valence-electron chi connectivity index (χ4n) is 1.43. The van der Waals surface area contributed by atoms with Crippen LogP contribution < -0.4 is 4.72 Å². The third kappa shape index (κ3) is 3.14. The summed E-state index contributed by atoms with van der Waals surface area (Å²) in [5, 5.41) is 10.4. The molecule has 0 unspecified atom stereocenters. The van der Waals surface area contributed by atoms with Gasteiger partial charge in [0.15, 0.2) is 4.21 Å². The summed E-state index contributed by atoms with van der Waals surface area (Å²) in [6, 6.07) is 5.46. The van der Waals surface area contributed by atoms with Gasteiger partial charge in [0.05, 0.1) is 16.3 Å². The molecule has 9 heteroatoms. The van der Waals surface area contributed by atoms with E-state index >= 15 is 0 Å². The number of carbonyl (C=O) groups is 1. The highest BCUT2D eigenvalue weighted by Crippen LogP contribution is 2.30. The number of halogens is 2. The average molecular weight is 397 g/mol. The zero-order valence-electron chi connectivity index (χ0n) is 9.63.